The number of rotatable bonds is 7. The van der Waals surface area contributed by atoms with Crippen molar-refractivity contribution in [1.82, 2.24) is 24.8 Å². The van der Waals surface area contributed by atoms with Gasteiger partial charge in [0, 0.05) is 55.1 Å². The molecule has 2 aromatic heterocycles. The lowest BCUT2D eigenvalue weighted by Crippen LogP contribution is -2.48. The second-order valence-electron chi connectivity index (χ2n) is 8.46. The Labute approximate surface area is 206 Å². The number of carbonyl (C=O) groups excluding carboxylic acids is 2. The van der Waals surface area contributed by atoms with Crippen LogP contribution in [0, 0.1) is 0 Å². The third-order valence-electron chi connectivity index (χ3n) is 6.19. The van der Waals surface area contributed by atoms with Crippen molar-refractivity contribution in [2.24, 2.45) is 0 Å². The average molecular weight is 498 g/mol. The molecular weight excluding hydrogens is 470 g/mol. The van der Waals surface area contributed by atoms with E-state index in [2.05, 4.69) is 15.0 Å². The highest BCUT2D eigenvalue weighted by molar-refractivity contribution is 8.00. The lowest BCUT2D eigenvalue weighted by atomic mass is 10.2. The van der Waals surface area contributed by atoms with E-state index in [4.69, 9.17) is 4.52 Å². The van der Waals surface area contributed by atoms with Gasteiger partial charge in [-0.25, -0.2) is 0 Å². The molecule has 0 atom stereocenters. The quantitative estimate of drug-likeness (QED) is 0.462. The van der Waals surface area contributed by atoms with Crippen molar-refractivity contribution in [3.8, 4) is 11.4 Å². The van der Waals surface area contributed by atoms with Crippen LogP contribution >= 0.6 is 23.1 Å². The number of likely N-dealkylation sites (tertiary alicyclic amines) is 1. The smallest absolute Gasteiger partial charge is 0.255 e. The predicted octanol–water partition coefficient (Wildman–Crippen LogP) is 3.47. The van der Waals surface area contributed by atoms with E-state index in [1.54, 1.807) is 11.3 Å². The Morgan fingerprint density at radius 3 is 2.56 bits per heavy atom. The number of benzene rings is 1. The number of nitrogens with zero attached hydrogens (tertiary/aromatic N) is 5. The van der Waals surface area contributed by atoms with Crippen molar-refractivity contribution in [2.45, 2.75) is 24.3 Å². The molecular formula is C24H27N5O3S2. The third-order valence-corrected chi connectivity index (χ3v) is 7.93. The van der Waals surface area contributed by atoms with E-state index in [0.29, 0.717) is 42.7 Å². The highest BCUT2D eigenvalue weighted by Crippen LogP contribution is 2.26. The lowest BCUT2D eigenvalue weighted by molar-refractivity contribution is -0.127. The zero-order valence-corrected chi connectivity index (χ0v) is 20.5. The fourth-order valence-corrected chi connectivity index (χ4v) is 5.85. The number of thiophene rings is 1. The van der Waals surface area contributed by atoms with E-state index >= 15 is 0 Å². The number of hydrogen-bond donors (Lipinski definition) is 0. The number of amides is 2. The van der Waals surface area contributed by atoms with Crippen LogP contribution in [-0.2, 0) is 11.3 Å². The molecule has 2 aliphatic rings. The van der Waals surface area contributed by atoms with Gasteiger partial charge in [0.15, 0.2) is 0 Å². The summed E-state index contributed by atoms with van der Waals surface area (Å²) in [4.78, 5) is 37.1. The zero-order valence-electron chi connectivity index (χ0n) is 18.9. The van der Waals surface area contributed by atoms with Gasteiger partial charge in [-0.05, 0) is 36.4 Å². The minimum atomic E-state index is 0.0221. The van der Waals surface area contributed by atoms with Gasteiger partial charge in [-0.1, -0.05) is 17.3 Å². The predicted molar refractivity (Wildman–Crippen MR) is 132 cm³/mol. The Morgan fingerprint density at radius 1 is 1.00 bits per heavy atom. The average Bonchev–Trinajstić information content (AvgIpc) is 3.65. The molecule has 8 nitrogen and oxygen atoms in total. The summed E-state index contributed by atoms with van der Waals surface area (Å²) in [6.07, 6.45) is 2.17. The van der Waals surface area contributed by atoms with Crippen LogP contribution in [-0.4, -0.2) is 81.7 Å². The molecule has 0 spiro atoms. The van der Waals surface area contributed by atoms with E-state index in [1.165, 1.54) is 11.8 Å². The summed E-state index contributed by atoms with van der Waals surface area (Å²) in [5, 5.41) is 8.06. The van der Waals surface area contributed by atoms with Gasteiger partial charge in [-0.2, -0.15) is 16.3 Å². The molecule has 2 saturated heterocycles. The summed E-state index contributed by atoms with van der Waals surface area (Å²) in [6.45, 7) is 5.03. The topological polar surface area (TPSA) is 82.8 Å². The molecule has 2 amide bonds. The summed E-state index contributed by atoms with van der Waals surface area (Å²) >= 11 is 3.06. The molecule has 4 heterocycles. The summed E-state index contributed by atoms with van der Waals surface area (Å²) in [5.74, 6) is 1.75. The van der Waals surface area contributed by atoms with E-state index < -0.39 is 0 Å². The lowest BCUT2D eigenvalue weighted by Gasteiger charge is -2.34. The molecule has 0 unspecified atom stereocenters. The standard InChI is InChI=1S/C24H27N5O3S2/c30-22(28-8-3-4-9-28)17-34-20-6-2-1-5-19(20)24(31)29-12-10-27(11-13-29)15-21-25-23(26-32-21)18-7-14-33-16-18/h1-2,5-7,14,16H,3-4,8-13,15,17H2. The number of piperazine rings is 1. The van der Waals surface area contributed by atoms with E-state index in [-0.39, 0.29) is 11.8 Å². The van der Waals surface area contributed by atoms with Gasteiger partial charge in [0.25, 0.3) is 5.91 Å². The summed E-state index contributed by atoms with van der Waals surface area (Å²) in [6, 6.07) is 9.58. The van der Waals surface area contributed by atoms with Gasteiger partial charge < -0.3 is 14.3 Å². The Kier molecular flexibility index (Phi) is 7.27. The van der Waals surface area contributed by atoms with Crippen molar-refractivity contribution in [1.29, 1.82) is 0 Å². The van der Waals surface area contributed by atoms with Gasteiger partial charge in [0.1, 0.15) is 0 Å². The van der Waals surface area contributed by atoms with Gasteiger partial charge in [0.2, 0.25) is 17.6 Å². The fourth-order valence-electron chi connectivity index (χ4n) is 4.27. The third kappa shape index (κ3) is 5.34. The van der Waals surface area contributed by atoms with Crippen LogP contribution in [0.1, 0.15) is 29.1 Å². The van der Waals surface area contributed by atoms with Crippen molar-refractivity contribution in [3.63, 3.8) is 0 Å². The van der Waals surface area contributed by atoms with Crippen LogP contribution in [0.5, 0.6) is 0 Å². The molecule has 2 aliphatic heterocycles. The molecule has 0 radical (unpaired) electrons. The first-order valence-corrected chi connectivity index (χ1v) is 13.5. The van der Waals surface area contributed by atoms with Crippen LogP contribution < -0.4 is 0 Å². The maximum absolute atomic E-state index is 13.3. The fraction of sp³-hybridized carbons (Fsp3) is 0.417. The molecule has 1 aromatic carbocycles. The molecule has 3 aromatic rings. The highest BCUT2D eigenvalue weighted by atomic mass is 32.2. The van der Waals surface area contributed by atoms with Crippen LogP contribution in [0.4, 0.5) is 0 Å². The normalized spacial score (nSPS) is 16.8. The molecule has 0 N–H and O–H groups in total. The van der Waals surface area contributed by atoms with Crippen molar-refractivity contribution < 1.29 is 14.1 Å². The summed E-state index contributed by atoms with van der Waals surface area (Å²) in [7, 11) is 0. The molecule has 2 fully saturated rings. The van der Waals surface area contributed by atoms with E-state index in [1.807, 2.05) is 50.9 Å². The van der Waals surface area contributed by atoms with E-state index in [0.717, 1.165) is 49.5 Å². The summed E-state index contributed by atoms with van der Waals surface area (Å²) in [5.41, 5.74) is 1.64. The first-order valence-electron chi connectivity index (χ1n) is 11.5. The van der Waals surface area contributed by atoms with Gasteiger partial charge in [-0.3, -0.25) is 14.5 Å². The number of thioether (sulfide) groups is 1. The van der Waals surface area contributed by atoms with Crippen LogP contribution in [0.2, 0.25) is 0 Å². The van der Waals surface area contributed by atoms with Crippen LogP contribution in [0.15, 0.2) is 50.5 Å². The second-order valence-corrected chi connectivity index (χ2v) is 10.3. The minimum absolute atomic E-state index is 0.0221. The van der Waals surface area contributed by atoms with E-state index in [9.17, 15) is 9.59 Å². The van der Waals surface area contributed by atoms with Crippen molar-refractivity contribution in [3.05, 3.63) is 52.5 Å². The molecule has 0 bridgehead atoms. The second kappa shape index (κ2) is 10.7. The van der Waals surface area contributed by atoms with Crippen LogP contribution in [0.3, 0.4) is 0 Å². The number of carbonyl (C=O) groups is 2. The minimum Gasteiger partial charge on any atom is -0.342 e. The Balaban J connectivity index is 1.15. The molecule has 5 rings (SSSR count). The summed E-state index contributed by atoms with van der Waals surface area (Å²) < 4.78 is 5.42. The molecule has 34 heavy (non-hydrogen) atoms. The maximum Gasteiger partial charge on any atom is 0.255 e. The Morgan fingerprint density at radius 2 is 1.79 bits per heavy atom. The number of aromatic nitrogens is 2. The molecule has 0 saturated carbocycles. The van der Waals surface area contributed by atoms with Crippen molar-refractivity contribution >= 4 is 34.9 Å². The Bertz CT molecular complexity index is 1120. The zero-order chi connectivity index (χ0) is 23.3. The molecule has 0 aliphatic carbocycles. The first kappa shape index (κ1) is 23.1. The van der Waals surface area contributed by atoms with Crippen LogP contribution in [0.25, 0.3) is 11.4 Å². The monoisotopic (exact) mass is 497 g/mol. The SMILES string of the molecule is O=C(CSc1ccccc1C(=O)N1CCN(Cc2nc(-c3ccsc3)no2)CC1)N1CCCC1. The highest BCUT2D eigenvalue weighted by Gasteiger charge is 2.26. The van der Waals surface area contributed by atoms with Crippen molar-refractivity contribution in [2.75, 3.05) is 45.0 Å². The Hall–Kier alpha value is -2.69. The maximum atomic E-state index is 13.3. The first-order chi connectivity index (χ1) is 16.7. The van der Waals surface area contributed by atoms with Gasteiger partial charge in [-0.15, -0.1) is 11.8 Å². The van der Waals surface area contributed by atoms with Gasteiger partial charge in [0.05, 0.1) is 17.9 Å². The number of hydrogen-bond acceptors (Lipinski definition) is 8. The van der Waals surface area contributed by atoms with Gasteiger partial charge >= 0.3 is 0 Å². The molecule has 178 valence electrons. The molecule has 10 heteroatoms. The largest absolute Gasteiger partial charge is 0.342 e.